The highest BCUT2D eigenvalue weighted by Gasteiger charge is 2.21. The van der Waals surface area contributed by atoms with Gasteiger partial charge in [0.25, 0.3) is 0 Å². The van der Waals surface area contributed by atoms with Gasteiger partial charge in [-0.25, -0.2) is 0 Å². The maximum absolute atomic E-state index is 6.36. The van der Waals surface area contributed by atoms with Crippen LogP contribution in [0.3, 0.4) is 0 Å². The average Bonchev–Trinajstić information content (AvgIpc) is 2.69. The molecule has 92 valence electrons. The first-order valence-electron chi connectivity index (χ1n) is 6.36. The lowest BCUT2D eigenvalue weighted by molar-refractivity contribution is 0.398. The van der Waals surface area contributed by atoms with Crippen LogP contribution < -0.4 is 5.73 Å². The summed E-state index contributed by atoms with van der Waals surface area (Å²) in [5, 5.41) is 5.79. The van der Waals surface area contributed by atoms with E-state index in [4.69, 9.17) is 5.73 Å². The largest absolute Gasteiger partial charge is 0.322 e. The molecule has 2 rings (SSSR count). The van der Waals surface area contributed by atoms with Gasteiger partial charge in [0.15, 0.2) is 0 Å². The van der Waals surface area contributed by atoms with E-state index >= 15 is 0 Å². The van der Waals surface area contributed by atoms with Crippen LogP contribution in [-0.2, 0) is 7.05 Å². The molecule has 17 heavy (non-hydrogen) atoms. The summed E-state index contributed by atoms with van der Waals surface area (Å²) in [4.78, 5) is 0. The molecule has 0 aliphatic heterocycles. The standard InChI is InChI=1S/C14H21N3/c1-4-10(5-2)13(15)14-11-8-6-7-9-12(11)17(3)16-14/h6-10,13H,4-5,15H2,1-3H3. The van der Waals surface area contributed by atoms with Crippen LogP contribution in [0.4, 0.5) is 0 Å². The van der Waals surface area contributed by atoms with Crippen LogP contribution in [0.1, 0.15) is 38.4 Å². The van der Waals surface area contributed by atoms with E-state index in [1.165, 1.54) is 5.39 Å². The van der Waals surface area contributed by atoms with E-state index in [-0.39, 0.29) is 6.04 Å². The highest BCUT2D eigenvalue weighted by molar-refractivity contribution is 5.82. The second kappa shape index (κ2) is 4.88. The van der Waals surface area contributed by atoms with Gasteiger partial charge in [-0.3, -0.25) is 4.68 Å². The summed E-state index contributed by atoms with van der Waals surface area (Å²) in [5.74, 6) is 0.508. The summed E-state index contributed by atoms with van der Waals surface area (Å²) in [6.07, 6.45) is 2.20. The summed E-state index contributed by atoms with van der Waals surface area (Å²) < 4.78 is 1.92. The molecule has 2 aromatic rings. The van der Waals surface area contributed by atoms with Crippen LogP contribution in [-0.4, -0.2) is 9.78 Å². The Bertz CT molecular complexity index is 497. The average molecular weight is 231 g/mol. The second-order valence-corrected chi connectivity index (χ2v) is 4.63. The van der Waals surface area contributed by atoms with Gasteiger partial charge in [0, 0.05) is 12.4 Å². The third-order valence-corrected chi connectivity index (χ3v) is 3.66. The highest BCUT2D eigenvalue weighted by atomic mass is 15.3. The van der Waals surface area contributed by atoms with E-state index in [1.54, 1.807) is 0 Å². The minimum Gasteiger partial charge on any atom is -0.322 e. The number of nitrogens with two attached hydrogens (primary N) is 1. The minimum atomic E-state index is 0.0381. The first kappa shape index (κ1) is 12.1. The normalized spacial score (nSPS) is 13.5. The summed E-state index contributed by atoms with van der Waals surface area (Å²) in [7, 11) is 1.98. The maximum Gasteiger partial charge on any atom is 0.0873 e. The minimum absolute atomic E-state index is 0.0381. The van der Waals surface area contributed by atoms with Gasteiger partial charge in [-0.05, 0) is 12.0 Å². The Balaban J connectivity index is 2.48. The Morgan fingerprint density at radius 2 is 1.88 bits per heavy atom. The van der Waals surface area contributed by atoms with Gasteiger partial charge in [-0.2, -0.15) is 5.10 Å². The third kappa shape index (κ3) is 2.07. The van der Waals surface area contributed by atoms with Crippen molar-refractivity contribution in [2.24, 2.45) is 18.7 Å². The molecule has 2 N–H and O–H groups in total. The predicted molar refractivity (Wildman–Crippen MR) is 71.7 cm³/mol. The molecule has 1 atom stereocenters. The Kier molecular flexibility index (Phi) is 3.48. The van der Waals surface area contributed by atoms with Crippen molar-refractivity contribution in [1.82, 2.24) is 9.78 Å². The van der Waals surface area contributed by atoms with Crippen LogP contribution in [0.15, 0.2) is 24.3 Å². The summed E-state index contributed by atoms with van der Waals surface area (Å²) >= 11 is 0. The number of nitrogens with zero attached hydrogens (tertiary/aromatic N) is 2. The van der Waals surface area contributed by atoms with Crippen molar-refractivity contribution in [3.63, 3.8) is 0 Å². The molecule has 1 heterocycles. The van der Waals surface area contributed by atoms with Crippen LogP contribution >= 0.6 is 0 Å². The molecule has 0 amide bonds. The van der Waals surface area contributed by atoms with Crippen molar-refractivity contribution >= 4 is 10.9 Å². The number of fused-ring (bicyclic) bond motifs is 1. The van der Waals surface area contributed by atoms with E-state index in [0.717, 1.165) is 24.1 Å². The number of aryl methyl sites for hydroxylation is 1. The molecule has 3 heteroatoms. The first-order chi connectivity index (χ1) is 8.19. The fourth-order valence-electron chi connectivity index (χ4n) is 2.51. The van der Waals surface area contributed by atoms with E-state index in [0.29, 0.717) is 5.92 Å². The van der Waals surface area contributed by atoms with Crippen molar-refractivity contribution in [2.45, 2.75) is 32.7 Å². The van der Waals surface area contributed by atoms with Gasteiger partial charge in [-0.15, -0.1) is 0 Å². The second-order valence-electron chi connectivity index (χ2n) is 4.63. The molecule has 0 spiro atoms. The molecule has 0 bridgehead atoms. The molecule has 0 saturated carbocycles. The lowest BCUT2D eigenvalue weighted by Gasteiger charge is -2.19. The van der Waals surface area contributed by atoms with Crippen LogP contribution in [0, 0.1) is 5.92 Å². The molecule has 0 fully saturated rings. The molecule has 1 aromatic carbocycles. The molecule has 3 nitrogen and oxygen atoms in total. The Morgan fingerprint density at radius 1 is 1.24 bits per heavy atom. The maximum atomic E-state index is 6.36. The number of aromatic nitrogens is 2. The highest BCUT2D eigenvalue weighted by Crippen LogP contribution is 2.29. The zero-order valence-corrected chi connectivity index (χ0v) is 10.9. The lowest BCUT2D eigenvalue weighted by Crippen LogP contribution is -2.21. The van der Waals surface area contributed by atoms with Gasteiger partial charge >= 0.3 is 0 Å². The number of hydrogen-bond donors (Lipinski definition) is 1. The van der Waals surface area contributed by atoms with Crippen molar-refractivity contribution in [2.75, 3.05) is 0 Å². The van der Waals surface area contributed by atoms with Gasteiger partial charge in [0.2, 0.25) is 0 Å². The molecular formula is C14H21N3. The van der Waals surface area contributed by atoms with Gasteiger partial charge in [0.1, 0.15) is 0 Å². The van der Waals surface area contributed by atoms with E-state index in [2.05, 4.69) is 31.1 Å². The summed E-state index contributed by atoms with van der Waals surface area (Å²) in [5.41, 5.74) is 8.56. The van der Waals surface area contributed by atoms with Gasteiger partial charge in [0.05, 0.1) is 17.3 Å². The van der Waals surface area contributed by atoms with Crippen molar-refractivity contribution in [1.29, 1.82) is 0 Å². The summed E-state index contributed by atoms with van der Waals surface area (Å²) in [6.45, 7) is 4.39. The monoisotopic (exact) mass is 231 g/mol. The lowest BCUT2D eigenvalue weighted by atomic mass is 9.91. The fourth-order valence-corrected chi connectivity index (χ4v) is 2.51. The number of rotatable bonds is 4. The Labute approximate surface area is 103 Å². The van der Waals surface area contributed by atoms with Crippen LogP contribution in [0.25, 0.3) is 10.9 Å². The van der Waals surface area contributed by atoms with Crippen LogP contribution in [0.2, 0.25) is 0 Å². The van der Waals surface area contributed by atoms with E-state index in [9.17, 15) is 0 Å². The summed E-state index contributed by atoms with van der Waals surface area (Å²) in [6, 6.07) is 8.32. The molecule has 0 saturated heterocycles. The number of para-hydroxylation sites is 1. The quantitative estimate of drug-likeness (QED) is 0.879. The van der Waals surface area contributed by atoms with Gasteiger partial charge < -0.3 is 5.73 Å². The Hall–Kier alpha value is -1.35. The molecule has 0 aliphatic rings. The van der Waals surface area contributed by atoms with Gasteiger partial charge in [-0.1, -0.05) is 44.9 Å². The number of hydrogen-bond acceptors (Lipinski definition) is 2. The SMILES string of the molecule is CCC(CC)C(N)c1nn(C)c2ccccc12. The third-order valence-electron chi connectivity index (χ3n) is 3.66. The molecule has 1 unspecified atom stereocenters. The topological polar surface area (TPSA) is 43.8 Å². The first-order valence-corrected chi connectivity index (χ1v) is 6.36. The van der Waals surface area contributed by atoms with Crippen molar-refractivity contribution in [3.05, 3.63) is 30.0 Å². The van der Waals surface area contributed by atoms with Crippen molar-refractivity contribution < 1.29 is 0 Å². The predicted octanol–water partition coefficient (Wildman–Crippen LogP) is 3.01. The smallest absolute Gasteiger partial charge is 0.0873 e. The van der Waals surface area contributed by atoms with E-state index < -0.39 is 0 Å². The number of benzene rings is 1. The zero-order chi connectivity index (χ0) is 12.4. The molecular weight excluding hydrogens is 210 g/mol. The molecule has 0 aliphatic carbocycles. The fraction of sp³-hybridized carbons (Fsp3) is 0.500. The zero-order valence-electron chi connectivity index (χ0n) is 10.9. The van der Waals surface area contributed by atoms with Crippen molar-refractivity contribution in [3.8, 4) is 0 Å². The molecule has 0 radical (unpaired) electrons. The van der Waals surface area contributed by atoms with E-state index in [1.807, 2.05) is 23.9 Å². The Morgan fingerprint density at radius 3 is 2.53 bits per heavy atom. The van der Waals surface area contributed by atoms with Crippen LogP contribution in [0.5, 0.6) is 0 Å². The molecule has 1 aromatic heterocycles.